The fraction of sp³-hybridized carbons (Fsp3) is 0.364. The van der Waals surface area contributed by atoms with Crippen LogP contribution in [-0.2, 0) is 0 Å². The van der Waals surface area contributed by atoms with Crippen molar-refractivity contribution in [1.29, 1.82) is 0 Å². The molecule has 14 heavy (non-hydrogen) atoms. The van der Waals surface area contributed by atoms with Crippen molar-refractivity contribution in [3.05, 3.63) is 35.6 Å². The number of halogens is 1. The molecule has 0 spiro atoms. The lowest BCUT2D eigenvalue weighted by Gasteiger charge is -2.26. The molecule has 0 heterocycles. The van der Waals surface area contributed by atoms with Crippen molar-refractivity contribution >= 4 is 17.2 Å². The van der Waals surface area contributed by atoms with Crippen molar-refractivity contribution in [2.24, 2.45) is 0 Å². The van der Waals surface area contributed by atoms with E-state index in [0.717, 1.165) is 10.6 Å². The molecule has 1 nitrogen and oxygen atoms in total. The van der Waals surface area contributed by atoms with Crippen LogP contribution in [-0.4, -0.2) is 16.9 Å². The third kappa shape index (κ3) is 2.51. The SMILES string of the molecule is CC(=S)N(C)C(C)c1ccc(F)cc1. The van der Waals surface area contributed by atoms with Crippen LogP contribution in [0.25, 0.3) is 0 Å². The van der Waals surface area contributed by atoms with Gasteiger partial charge >= 0.3 is 0 Å². The molecule has 0 saturated heterocycles. The van der Waals surface area contributed by atoms with Gasteiger partial charge in [-0.15, -0.1) is 0 Å². The second kappa shape index (κ2) is 4.51. The highest BCUT2D eigenvalue weighted by molar-refractivity contribution is 7.80. The second-order valence-electron chi connectivity index (χ2n) is 3.36. The van der Waals surface area contributed by atoms with E-state index in [4.69, 9.17) is 12.2 Å². The van der Waals surface area contributed by atoms with Crippen molar-refractivity contribution in [3.8, 4) is 0 Å². The Morgan fingerprint density at radius 3 is 2.29 bits per heavy atom. The number of thiocarbonyl (C=S) groups is 1. The van der Waals surface area contributed by atoms with Crippen LogP contribution < -0.4 is 0 Å². The normalized spacial score (nSPS) is 12.3. The van der Waals surface area contributed by atoms with Crippen LogP contribution in [0.3, 0.4) is 0 Å². The Morgan fingerprint density at radius 1 is 1.36 bits per heavy atom. The zero-order valence-corrected chi connectivity index (χ0v) is 9.44. The summed E-state index contributed by atoms with van der Waals surface area (Å²) in [6, 6.07) is 6.70. The lowest BCUT2D eigenvalue weighted by molar-refractivity contribution is 0.406. The summed E-state index contributed by atoms with van der Waals surface area (Å²) in [6.07, 6.45) is 0. The van der Waals surface area contributed by atoms with Crippen LogP contribution in [0.1, 0.15) is 25.5 Å². The Balaban J connectivity index is 2.84. The van der Waals surface area contributed by atoms with E-state index in [1.165, 1.54) is 12.1 Å². The molecule has 0 aromatic heterocycles. The fourth-order valence-electron chi connectivity index (χ4n) is 1.24. The van der Waals surface area contributed by atoms with E-state index in [9.17, 15) is 4.39 Å². The van der Waals surface area contributed by atoms with Crippen LogP contribution in [0.5, 0.6) is 0 Å². The molecule has 1 unspecified atom stereocenters. The third-order valence-corrected chi connectivity index (χ3v) is 2.72. The minimum Gasteiger partial charge on any atom is -0.363 e. The molecule has 0 aliphatic rings. The van der Waals surface area contributed by atoms with Crippen molar-refractivity contribution in [2.45, 2.75) is 19.9 Å². The molecule has 1 aromatic carbocycles. The number of hydrogen-bond acceptors (Lipinski definition) is 1. The van der Waals surface area contributed by atoms with Crippen LogP contribution in [0.15, 0.2) is 24.3 Å². The molecule has 0 fully saturated rings. The van der Waals surface area contributed by atoms with E-state index in [-0.39, 0.29) is 11.9 Å². The maximum Gasteiger partial charge on any atom is 0.123 e. The molecule has 0 aliphatic heterocycles. The first kappa shape index (κ1) is 11.1. The van der Waals surface area contributed by atoms with Gasteiger partial charge in [-0.3, -0.25) is 0 Å². The summed E-state index contributed by atoms with van der Waals surface area (Å²) in [6.45, 7) is 3.93. The first-order valence-electron chi connectivity index (χ1n) is 4.51. The van der Waals surface area contributed by atoms with Gasteiger partial charge in [0, 0.05) is 7.05 Å². The van der Waals surface area contributed by atoms with E-state index in [1.54, 1.807) is 12.1 Å². The number of benzene rings is 1. The van der Waals surface area contributed by atoms with Crippen molar-refractivity contribution < 1.29 is 4.39 Å². The Labute approximate surface area is 89.5 Å². The Kier molecular flexibility index (Phi) is 3.58. The molecule has 3 heteroatoms. The van der Waals surface area contributed by atoms with Crippen molar-refractivity contribution in [1.82, 2.24) is 4.90 Å². The maximum absolute atomic E-state index is 12.7. The molecular weight excluding hydrogens is 197 g/mol. The van der Waals surface area contributed by atoms with Crippen LogP contribution in [0, 0.1) is 5.82 Å². The molecule has 0 amide bonds. The van der Waals surface area contributed by atoms with Crippen molar-refractivity contribution in [3.63, 3.8) is 0 Å². The third-order valence-electron chi connectivity index (χ3n) is 2.43. The minimum atomic E-state index is -0.206. The Hall–Kier alpha value is -0.960. The minimum absolute atomic E-state index is 0.188. The summed E-state index contributed by atoms with van der Waals surface area (Å²) in [4.78, 5) is 2.82. The van der Waals surface area contributed by atoms with Gasteiger partial charge in [0.1, 0.15) is 5.82 Å². The van der Waals surface area contributed by atoms with Gasteiger partial charge in [0.25, 0.3) is 0 Å². The first-order chi connectivity index (χ1) is 6.52. The van der Waals surface area contributed by atoms with E-state index in [2.05, 4.69) is 0 Å². The average Bonchev–Trinajstić information content (AvgIpc) is 2.16. The quantitative estimate of drug-likeness (QED) is 0.691. The van der Waals surface area contributed by atoms with Crippen LogP contribution in [0.4, 0.5) is 4.39 Å². The van der Waals surface area contributed by atoms with Gasteiger partial charge in [0.15, 0.2) is 0 Å². The average molecular weight is 211 g/mol. The van der Waals surface area contributed by atoms with Crippen LogP contribution in [0.2, 0.25) is 0 Å². The van der Waals surface area contributed by atoms with E-state index in [1.807, 2.05) is 25.8 Å². The van der Waals surface area contributed by atoms with Crippen molar-refractivity contribution in [2.75, 3.05) is 7.05 Å². The molecule has 76 valence electrons. The predicted molar refractivity (Wildman–Crippen MR) is 60.9 cm³/mol. The van der Waals surface area contributed by atoms with Gasteiger partial charge < -0.3 is 4.90 Å². The second-order valence-corrected chi connectivity index (χ2v) is 3.95. The summed E-state index contributed by atoms with van der Waals surface area (Å²) in [7, 11) is 1.94. The number of hydrogen-bond donors (Lipinski definition) is 0. The van der Waals surface area contributed by atoms with Gasteiger partial charge in [-0.05, 0) is 31.5 Å². The van der Waals surface area contributed by atoms with Gasteiger partial charge in [-0.25, -0.2) is 4.39 Å². The lowest BCUT2D eigenvalue weighted by atomic mass is 10.1. The molecule has 1 aromatic rings. The Morgan fingerprint density at radius 2 is 1.86 bits per heavy atom. The number of rotatable bonds is 2. The zero-order chi connectivity index (χ0) is 10.7. The predicted octanol–water partition coefficient (Wildman–Crippen LogP) is 3.17. The molecule has 0 aliphatic carbocycles. The fourth-order valence-corrected chi connectivity index (χ4v) is 1.40. The highest BCUT2D eigenvalue weighted by Crippen LogP contribution is 2.19. The molecule has 1 atom stereocenters. The van der Waals surface area contributed by atoms with Gasteiger partial charge in [0.2, 0.25) is 0 Å². The molecular formula is C11H14FNS. The Bertz CT molecular complexity index is 321. The smallest absolute Gasteiger partial charge is 0.123 e. The highest BCUT2D eigenvalue weighted by atomic mass is 32.1. The van der Waals surface area contributed by atoms with E-state index in [0.29, 0.717) is 0 Å². The number of nitrogens with zero attached hydrogens (tertiary/aromatic N) is 1. The molecule has 0 bridgehead atoms. The zero-order valence-electron chi connectivity index (χ0n) is 8.62. The highest BCUT2D eigenvalue weighted by Gasteiger charge is 2.11. The summed E-state index contributed by atoms with van der Waals surface area (Å²) in [5, 5.41) is 0. The largest absolute Gasteiger partial charge is 0.363 e. The monoisotopic (exact) mass is 211 g/mol. The van der Waals surface area contributed by atoms with E-state index >= 15 is 0 Å². The maximum atomic E-state index is 12.7. The molecule has 0 radical (unpaired) electrons. The molecule has 0 N–H and O–H groups in total. The standard InChI is InChI=1S/C11H14FNS/c1-8(13(3)9(2)14)10-4-6-11(12)7-5-10/h4-8H,1-3H3. The van der Waals surface area contributed by atoms with Gasteiger partial charge in [0.05, 0.1) is 11.0 Å². The van der Waals surface area contributed by atoms with Gasteiger partial charge in [-0.1, -0.05) is 24.4 Å². The first-order valence-corrected chi connectivity index (χ1v) is 4.92. The summed E-state index contributed by atoms with van der Waals surface area (Å²) in [5.41, 5.74) is 1.07. The lowest BCUT2D eigenvalue weighted by Crippen LogP contribution is -2.25. The summed E-state index contributed by atoms with van der Waals surface area (Å²) < 4.78 is 12.7. The summed E-state index contributed by atoms with van der Waals surface area (Å²) in [5.74, 6) is -0.206. The van der Waals surface area contributed by atoms with Gasteiger partial charge in [-0.2, -0.15) is 0 Å². The van der Waals surface area contributed by atoms with E-state index < -0.39 is 0 Å². The van der Waals surface area contributed by atoms with Crippen LogP contribution >= 0.6 is 12.2 Å². The topological polar surface area (TPSA) is 3.24 Å². The molecule has 1 rings (SSSR count). The molecule has 0 saturated carbocycles. The summed E-state index contributed by atoms with van der Waals surface area (Å²) >= 11 is 5.07.